The Bertz CT molecular complexity index is 646. The molecule has 19 heavy (non-hydrogen) atoms. The highest BCUT2D eigenvalue weighted by atomic mass is 16.5. The summed E-state index contributed by atoms with van der Waals surface area (Å²) < 4.78 is 11.6. The molecule has 0 spiro atoms. The SMILES string of the molecule is COC(=O)c1c(NC=O)c2ccc(OC)cc2n1C. The van der Waals surface area contributed by atoms with Crippen LogP contribution in [0.15, 0.2) is 18.2 Å². The molecule has 6 heteroatoms. The lowest BCUT2D eigenvalue weighted by atomic mass is 10.2. The summed E-state index contributed by atoms with van der Waals surface area (Å²) >= 11 is 0. The number of ether oxygens (including phenoxy) is 2. The van der Waals surface area contributed by atoms with E-state index in [0.717, 1.165) is 10.9 Å². The highest BCUT2D eigenvalue weighted by molar-refractivity contribution is 6.09. The Morgan fingerprint density at radius 1 is 1.37 bits per heavy atom. The van der Waals surface area contributed by atoms with Gasteiger partial charge in [0, 0.05) is 18.5 Å². The van der Waals surface area contributed by atoms with E-state index in [-0.39, 0.29) is 5.69 Å². The van der Waals surface area contributed by atoms with Gasteiger partial charge in [-0.05, 0) is 12.1 Å². The fourth-order valence-electron chi connectivity index (χ4n) is 2.08. The van der Waals surface area contributed by atoms with Gasteiger partial charge >= 0.3 is 5.97 Å². The van der Waals surface area contributed by atoms with Gasteiger partial charge in [0.1, 0.15) is 5.75 Å². The summed E-state index contributed by atoms with van der Waals surface area (Å²) in [5, 5.41) is 3.30. The van der Waals surface area contributed by atoms with Gasteiger partial charge in [-0.1, -0.05) is 0 Å². The van der Waals surface area contributed by atoms with Gasteiger partial charge in [0.05, 0.1) is 25.4 Å². The number of esters is 1. The number of hydrogen-bond donors (Lipinski definition) is 1. The van der Waals surface area contributed by atoms with Crippen LogP contribution in [0.25, 0.3) is 10.9 Å². The maximum Gasteiger partial charge on any atom is 0.356 e. The Morgan fingerprint density at radius 3 is 2.68 bits per heavy atom. The van der Waals surface area contributed by atoms with Gasteiger partial charge in [0.2, 0.25) is 6.41 Å². The number of amides is 1. The van der Waals surface area contributed by atoms with Crippen molar-refractivity contribution in [2.45, 2.75) is 0 Å². The first-order chi connectivity index (χ1) is 9.13. The monoisotopic (exact) mass is 262 g/mol. The van der Waals surface area contributed by atoms with Crippen molar-refractivity contribution in [2.24, 2.45) is 7.05 Å². The van der Waals surface area contributed by atoms with Crippen molar-refractivity contribution < 1.29 is 19.1 Å². The van der Waals surface area contributed by atoms with Crippen LogP contribution in [0.2, 0.25) is 0 Å². The van der Waals surface area contributed by atoms with Crippen LogP contribution in [0.1, 0.15) is 10.5 Å². The summed E-state index contributed by atoms with van der Waals surface area (Å²) in [4.78, 5) is 22.5. The minimum atomic E-state index is -0.512. The second-order valence-electron chi connectivity index (χ2n) is 3.92. The zero-order valence-corrected chi connectivity index (χ0v) is 10.9. The molecule has 0 saturated heterocycles. The molecule has 1 aromatic carbocycles. The fourth-order valence-corrected chi connectivity index (χ4v) is 2.08. The van der Waals surface area contributed by atoms with Crippen molar-refractivity contribution in [1.29, 1.82) is 0 Å². The van der Waals surface area contributed by atoms with Crippen LogP contribution < -0.4 is 10.1 Å². The molecular formula is C13H14N2O4. The molecule has 0 aliphatic heterocycles. The Kier molecular flexibility index (Phi) is 3.41. The van der Waals surface area contributed by atoms with Crippen LogP contribution in [0.3, 0.4) is 0 Å². The number of nitrogens with one attached hydrogen (secondary N) is 1. The maximum atomic E-state index is 11.8. The molecule has 1 heterocycles. The number of benzene rings is 1. The van der Waals surface area contributed by atoms with Crippen LogP contribution in [-0.2, 0) is 16.6 Å². The number of aryl methyl sites for hydroxylation is 1. The van der Waals surface area contributed by atoms with E-state index in [2.05, 4.69) is 5.32 Å². The number of fused-ring (bicyclic) bond motifs is 1. The second-order valence-corrected chi connectivity index (χ2v) is 3.92. The standard InChI is InChI=1S/C13H14N2O4/c1-15-10-6-8(18-2)4-5-9(10)11(14-7-16)12(15)13(17)19-3/h4-7H,1-3H3,(H,14,16). The van der Waals surface area contributed by atoms with E-state index in [1.165, 1.54) is 7.11 Å². The summed E-state index contributed by atoms with van der Waals surface area (Å²) in [5.74, 6) is 0.157. The minimum absolute atomic E-state index is 0.290. The van der Waals surface area contributed by atoms with Gasteiger partial charge in [-0.15, -0.1) is 0 Å². The molecule has 0 unspecified atom stereocenters. The van der Waals surface area contributed by atoms with Gasteiger partial charge < -0.3 is 19.4 Å². The second kappa shape index (κ2) is 5.01. The van der Waals surface area contributed by atoms with Crippen molar-refractivity contribution in [2.75, 3.05) is 19.5 Å². The molecule has 2 rings (SSSR count). The normalized spacial score (nSPS) is 10.3. The Labute approximate surface area is 109 Å². The maximum absolute atomic E-state index is 11.8. The fraction of sp³-hybridized carbons (Fsp3) is 0.231. The highest BCUT2D eigenvalue weighted by Crippen LogP contribution is 2.32. The van der Waals surface area contributed by atoms with Crippen molar-refractivity contribution in [3.8, 4) is 5.75 Å². The lowest BCUT2D eigenvalue weighted by molar-refractivity contribution is -0.105. The molecule has 6 nitrogen and oxygen atoms in total. The van der Waals surface area contributed by atoms with Gasteiger partial charge in [0.15, 0.2) is 5.69 Å². The Hall–Kier alpha value is -2.50. The number of aromatic nitrogens is 1. The topological polar surface area (TPSA) is 69.6 Å². The summed E-state index contributed by atoms with van der Waals surface area (Å²) in [6.45, 7) is 0. The summed E-state index contributed by atoms with van der Waals surface area (Å²) in [6.07, 6.45) is 0.533. The molecule has 0 fully saturated rings. The highest BCUT2D eigenvalue weighted by Gasteiger charge is 2.21. The Morgan fingerprint density at radius 2 is 2.11 bits per heavy atom. The molecule has 1 amide bonds. The number of methoxy groups -OCH3 is 2. The van der Waals surface area contributed by atoms with Crippen LogP contribution in [-0.4, -0.2) is 31.2 Å². The largest absolute Gasteiger partial charge is 0.497 e. The molecule has 1 aromatic heterocycles. The van der Waals surface area contributed by atoms with Crippen molar-refractivity contribution in [1.82, 2.24) is 4.57 Å². The van der Waals surface area contributed by atoms with E-state index in [1.54, 1.807) is 36.9 Å². The number of nitrogens with zero attached hydrogens (tertiary/aromatic N) is 1. The molecule has 0 saturated carbocycles. The molecule has 0 bridgehead atoms. The summed E-state index contributed by atoms with van der Waals surface area (Å²) in [6, 6.07) is 5.34. The van der Waals surface area contributed by atoms with Crippen molar-refractivity contribution in [3.05, 3.63) is 23.9 Å². The number of anilines is 1. The molecule has 0 atom stereocenters. The number of hydrogen-bond acceptors (Lipinski definition) is 4. The first kappa shape index (κ1) is 12.9. The van der Waals surface area contributed by atoms with E-state index in [0.29, 0.717) is 17.8 Å². The van der Waals surface area contributed by atoms with Crippen molar-refractivity contribution >= 4 is 29.0 Å². The van der Waals surface area contributed by atoms with Crippen LogP contribution in [0.5, 0.6) is 5.75 Å². The smallest absolute Gasteiger partial charge is 0.356 e. The van der Waals surface area contributed by atoms with E-state index in [9.17, 15) is 9.59 Å². The molecule has 0 aliphatic rings. The molecular weight excluding hydrogens is 248 g/mol. The summed E-state index contributed by atoms with van der Waals surface area (Å²) in [7, 11) is 4.59. The first-order valence-electron chi connectivity index (χ1n) is 5.59. The van der Waals surface area contributed by atoms with Gasteiger partial charge in [-0.3, -0.25) is 4.79 Å². The lowest BCUT2D eigenvalue weighted by Gasteiger charge is -2.04. The van der Waals surface area contributed by atoms with Gasteiger partial charge in [0.25, 0.3) is 0 Å². The third-order valence-corrected chi connectivity index (χ3v) is 2.99. The van der Waals surface area contributed by atoms with Gasteiger partial charge in [-0.25, -0.2) is 4.79 Å². The number of carbonyl (C=O) groups is 2. The minimum Gasteiger partial charge on any atom is -0.497 e. The lowest BCUT2D eigenvalue weighted by Crippen LogP contribution is -2.10. The summed E-state index contributed by atoms with van der Waals surface area (Å²) in [5.41, 5.74) is 1.49. The van der Waals surface area contributed by atoms with Crippen molar-refractivity contribution in [3.63, 3.8) is 0 Å². The average molecular weight is 262 g/mol. The third kappa shape index (κ3) is 2.01. The van der Waals surface area contributed by atoms with Crippen LogP contribution >= 0.6 is 0 Å². The van der Waals surface area contributed by atoms with E-state index in [4.69, 9.17) is 9.47 Å². The molecule has 100 valence electrons. The number of carbonyl (C=O) groups excluding carboxylic acids is 2. The van der Waals surface area contributed by atoms with Gasteiger partial charge in [-0.2, -0.15) is 0 Å². The zero-order chi connectivity index (χ0) is 14.0. The average Bonchev–Trinajstić information content (AvgIpc) is 2.71. The predicted molar refractivity (Wildman–Crippen MR) is 70.5 cm³/mol. The third-order valence-electron chi connectivity index (χ3n) is 2.99. The molecule has 1 N–H and O–H groups in total. The first-order valence-corrected chi connectivity index (χ1v) is 5.59. The van der Waals surface area contributed by atoms with E-state index in [1.807, 2.05) is 0 Å². The molecule has 2 aromatic rings. The zero-order valence-electron chi connectivity index (χ0n) is 10.9. The molecule has 0 aliphatic carbocycles. The van der Waals surface area contributed by atoms with Crippen LogP contribution in [0, 0.1) is 0 Å². The number of rotatable bonds is 4. The van der Waals surface area contributed by atoms with Crippen LogP contribution in [0.4, 0.5) is 5.69 Å². The quantitative estimate of drug-likeness (QED) is 0.670. The van der Waals surface area contributed by atoms with E-state index < -0.39 is 5.97 Å². The Balaban J connectivity index is 2.78. The molecule has 0 radical (unpaired) electrons. The predicted octanol–water partition coefficient (Wildman–Crippen LogP) is 1.54. The van der Waals surface area contributed by atoms with E-state index >= 15 is 0 Å².